The van der Waals surface area contributed by atoms with Crippen LogP contribution in [0, 0.1) is 16.0 Å². The highest BCUT2D eigenvalue weighted by Gasteiger charge is 2.26. The van der Waals surface area contributed by atoms with Crippen LogP contribution < -0.4 is 5.32 Å². The van der Waals surface area contributed by atoms with Crippen LogP contribution in [-0.2, 0) is 5.41 Å². The van der Waals surface area contributed by atoms with Crippen molar-refractivity contribution in [1.82, 2.24) is 5.32 Å². The summed E-state index contributed by atoms with van der Waals surface area (Å²) < 4.78 is 0. The number of hydrogen-bond donors (Lipinski definition) is 2. The average molecular weight is 308 g/mol. The molecule has 0 bridgehead atoms. The fourth-order valence-corrected chi connectivity index (χ4v) is 1.99. The number of aliphatic hydroxyl groups excluding tert-OH is 1. The Morgan fingerprint density at radius 1 is 1.36 bits per heavy atom. The lowest BCUT2D eigenvalue weighted by atomic mass is 9.85. The third kappa shape index (κ3) is 4.53. The molecule has 1 unspecified atom stereocenters. The predicted octanol–water partition coefficient (Wildman–Crippen LogP) is 2.64. The highest BCUT2D eigenvalue weighted by Crippen LogP contribution is 2.31. The van der Waals surface area contributed by atoms with Crippen molar-refractivity contribution in [1.29, 1.82) is 0 Å². The largest absolute Gasteiger partial charge is 0.391 e. The van der Waals surface area contributed by atoms with E-state index in [4.69, 9.17) is 0 Å². The van der Waals surface area contributed by atoms with Gasteiger partial charge in [-0.25, -0.2) is 0 Å². The van der Waals surface area contributed by atoms with E-state index in [-0.39, 0.29) is 29.1 Å². The van der Waals surface area contributed by atoms with Gasteiger partial charge in [-0.2, -0.15) is 0 Å². The summed E-state index contributed by atoms with van der Waals surface area (Å²) in [5, 5.41) is 23.5. The summed E-state index contributed by atoms with van der Waals surface area (Å²) in [6.07, 6.45) is -0.646. The van der Waals surface area contributed by atoms with E-state index in [2.05, 4.69) is 5.32 Å². The number of aliphatic hydroxyl groups is 1. The number of hydrogen-bond acceptors (Lipinski definition) is 4. The molecule has 0 saturated heterocycles. The monoisotopic (exact) mass is 308 g/mol. The molecule has 6 heteroatoms. The molecule has 0 aliphatic rings. The maximum Gasteiger partial charge on any atom is 0.273 e. The molecule has 0 aliphatic heterocycles. The smallest absolute Gasteiger partial charge is 0.273 e. The summed E-state index contributed by atoms with van der Waals surface area (Å²) in [5.41, 5.74) is 0.349. The minimum absolute atomic E-state index is 0.0258. The molecule has 1 aromatic carbocycles. The lowest BCUT2D eigenvalue weighted by molar-refractivity contribution is -0.386. The Balaban J connectivity index is 3.00. The molecule has 0 radical (unpaired) electrons. The maximum atomic E-state index is 12.1. The van der Waals surface area contributed by atoms with Crippen molar-refractivity contribution in [2.24, 2.45) is 5.92 Å². The molecule has 2 N–H and O–H groups in total. The SMILES string of the molecule is CC(C)C(O)CNC(=O)c1ccc(C(C)(C)C)c([N+](=O)[O-])c1. The van der Waals surface area contributed by atoms with Gasteiger partial charge >= 0.3 is 0 Å². The summed E-state index contributed by atoms with van der Waals surface area (Å²) >= 11 is 0. The quantitative estimate of drug-likeness (QED) is 0.646. The van der Waals surface area contributed by atoms with Crippen LogP contribution in [0.2, 0.25) is 0 Å². The maximum absolute atomic E-state index is 12.1. The van der Waals surface area contributed by atoms with E-state index in [0.29, 0.717) is 5.56 Å². The first-order chi connectivity index (χ1) is 10.0. The predicted molar refractivity (Wildman–Crippen MR) is 85.0 cm³/mol. The first-order valence-electron chi connectivity index (χ1n) is 7.29. The Labute approximate surface area is 130 Å². The van der Waals surface area contributed by atoms with Gasteiger partial charge < -0.3 is 10.4 Å². The van der Waals surface area contributed by atoms with Crippen molar-refractivity contribution in [3.8, 4) is 0 Å². The second kappa shape index (κ2) is 6.87. The van der Waals surface area contributed by atoms with Crippen molar-refractivity contribution in [2.45, 2.75) is 46.1 Å². The fraction of sp³-hybridized carbons (Fsp3) is 0.562. The van der Waals surface area contributed by atoms with Crippen molar-refractivity contribution < 1.29 is 14.8 Å². The summed E-state index contributed by atoms with van der Waals surface area (Å²) in [5.74, 6) is -0.402. The third-order valence-electron chi connectivity index (χ3n) is 3.51. The normalized spacial score (nSPS) is 13.0. The molecule has 1 aromatic rings. The van der Waals surface area contributed by atoms with Crippen molar-refractivity contribution in [3.63, 3.8) is 0 Å². The third-order valence-corrected chi connectivity index (χ3v) is 3.51. The Kier molecular flexibility index (Phi) is 5.65. The van der Waals surface area contributed by atoms with E-state index in [1.807, 2.05) is 34.6 Å². The van der Waals surface area contributed by atoms with Crippen LogP contribution in [0.25, 0.3) is 0 Å². The lowest BCUT2D eigenvalue weighted by Crippen LogP contribution is -2.34. The number of amides is 1. The van der Waals surface area contributed by atoms with Gasteiger partial charge in [0.2, 0.25) is 0 Å². The van der Waals surface area contributed by atoms with Gasteiger partial charge in [-0.05, 0) is 17.4 Å². The summed E-state index contributed by atoms with van der Waals surface area (Å²) in [6.45, 7) is 9.46. The Morgan fingerprint density at radius 3 is 2.41 bits per heavy atom. The number of nitro groups is 1. The zero-order valence-electron chi connectivity index (χ0n) is 13.7. The zero-order valence-corrected chi connectivity index (χ0v) is 13.7. The van der Waals surface area contributed by atoms with E-state index in [1.54, 1.807) is 12.1 Å². The lowest BCUT2D eigenvalue weighted by Gasteiger charge is -2.19. The zero-order chi connectivity index (χ0) is 17.1. The molecule has 0 heterocycles. The van der Waals surface area contributed by atoms with Gasteiger partial charge in [0.05, 0.1) is 11.0 Å². The number of carbonyl (C=O) groups excluding carboxylic acids is 1. The molecule has 6 nitrogen and oxygen atoms in total. The topological polar surface area (TPSA) is 92.5 Å². The molecule has 122 valence electrons. The molecular weight excluding hydrogens is 284 g/mol. The number of nitrogens with zero attached hydrogens (tertiary/aromatic N) is 1. The number of rotatable bonds is 5. The highest BCUT2D eigenvalue weighted by molar-refractivity contribution is 5.95. The van der Waals surface area contributed by atoms with E-state index in [9.17, 15) is 20.0 Å². The molecule has 0 spiro atoms. The van der Waals surface area contributed by atoms with Gasteiger partial charge in [-0.1, -0.05) is 40.7 Å². The van der Waals surface area contributed by atoms with E-state index in [0.717, 1.165) is 0 Å². The van der Waals surface area contributed by atoms with Crippen molar-refractivity contribution in [2.75, 3.05) is 6.54 Å². The molecule has 1 amide bonds. The number of nitro benzene ring substituents is 1. The van der Waals surface area contributed by atoms with E-state index >= 15 is 0 Å². The van der Waals surface area contributed by atoms with Gasteiger partial charge in [-0.15, -0.1) is 0 Å². The van der Waals surface area contributed by atoms with E-state index < -0.39 is 16.9 Å². The Morgan fingerprint density at radius 2 is 1.95 bits per heavy atom. The number of benzene rings is 1. The average Bonchev–Trinajstić information content (AvgIpc) is 2.42. The summed E-state index contributed by atoms with van der Waals surface area (Å²) in [6, 6.07) is 4.48. The minimum atomic E-state index is -0.646. The molecule has 0 fully saturated rings. The molecule has 0 aliphatic carbocycles. The Hall–Kier alpha value is -1.95. The minimum Gasteiger partial charge on any atom is -0.391 e. The molecule has 22 heavy (non-hydrogen) atoms. The van der Waals surface area contributed by atoms with Gasteiger partial charge in [0, 0.05) is 23.7 Å². The summed E-state index contributed by atoms with van der Waals surface area (Å²) in [4.78, 5) is 22.8. The second-order valence-electron chi connectivity index (χ2n) is 6.76. The molecule has 1 atom stereocenters. The van der Waals surface area contributed by atoms with Crippen LogP contribution in [0.15, 0.2) is 18.2 Å². The van der Waals surface area contributed by atoms with Crippen LogP contribution >= 0.6 is 0 Å². The molecular formula is C16H24N2O4. The fourth-order valence-electron chi connectivity index (χ4n) is 1.99. The van der Waals surface area contributed by atoms with Gasteiger partial charge in [0.25, 0.3) is 11.6 Å². The number of carbonyl (C=O) groups is 1. The Bertz CT molecular complexity index is 562. The van der Waals surface area contributed by atoms with Crippen LogP contribution in [-0.4, -0.2) is 28.6 Å². The van der Waals surface area contributed by atoms with Gasteiger partial charge in [0.15, 0.2) is 0 Å². The first kappa shape index (κ1) is 18.1. The standard InChI is InChI=1S/C16H24N2O4/c1-10(2)14(19)9-17-15(20)11-6-7-12(16(3,4)5)13(8-11)18(21)22/h6-8,10,14,19H,9H2,1-5H3,(H,17,20). The number of nitrogens with one attached hydrogen (secondary N) is 1. The van der Waals surface area contributed by atoms with Crippen molar-refractivity contribution >= 4 is 11.6 Å². The molecule has 1 rings (SSSR count). The summed E-state index contributed by atoms with van der Waals surface area (Å²) in [7, 11) is 0. The van der Waals surface area contributed by atoms with Gasteiger partial charge in [-0.3, -0.25) is 14.9 Å². The van der Waals surface area contributed by atoms with Crippen LogP contribution in [0.3, 0.4) is 0 Å². The molecule has 0 saturated carbocycles. The molecule has 0 aromatic heterocycles. The van der Waals surface area contributed by atoms with Crippen LogP contribution in [0.4, 0.5) is 5.69 Å². The van der Waals surface area contributed by atoms with Crippen LogP contribution in [0.5, 0.6) is 0 Å². The first-order valence-corrected chi connectivity index (χ1v) is 7.29. The van der Waals surface area contributed by atoms with Crippen LogP contribution in [0.1, 0.15) is 50.5 Å². The highest BCUT2D eigenvalue weighted by atomic mass is 16.6. The van der Waals surface area contributed by atoms with Crippen molar-refractivity contribution in [3.05, 3.63) is 39.4 Å². The van der Waals surface area contributed by atoms with Gasteiger partial charge in [0.1, 0.15) is 0 Å². The van der Waals surface area contributed by atoms with E-state index in [1.165, 1.54) is 6.07 Å². The second-order valence-corrected chi connectivity index (χ2v) is 6.76.